The van der Waals surface area contributed by atoms with Crippen LogP contribution in [0.15, 0.2) is 40.2 Å². The van der Waals surface area contributed by atoms with Crippen LogP contribution in [-0.2, 0) is 16.4 Å². The van der Waals surface area contributed by atoms with Crippen molar-refractivity contribution in [2.24, 2.45) is 16.6 Å². The fourth-order valence-electron chi connectivity index (χ4n) is 3.89. The van der Waals surface area contributed by atoms with Crippen LogP contribution in [0.25, 0.3) is 11.3 Å². The lowest BCUT2D eigenvalue weighted by atomic mass is 9.88. The van der Waals surface area contributed by atoms with Crippen molar-refractivity contribution in [1.29, 1.82) is 0 Å². The summed E-state index contributed by atoms with van der Waals surface area (Å²) in [7, 11) is -3.54. The number of aromatic nitrogens is 1. The highest BCUT2D eigenvalue weighted by Crippen LogP contribution is 2.32. The van der Waals surface area contributed by atoms with Crippen molar-refractivity contribution < 1.29 is 13.5 Å². The van der Waals surface area contributed by atoms with Crippen LogP contribution in [0.1, 0.15) is 36.9 Å². The molecule has 2 heterocycles. The number of pyridine rings is 1. The van der Waals surface area contributed by atoms with E-state index in [0.717, 1.165) is 24.8 Å². The van der Waals surface area contributed by atoms with E-state index in [0.29, 0.717) is 40.8 Å². The molecule has 0 saturated heterocycles. The lowest BCUT2D eigenvalue weighted by Crippen LogP contribution is -2.30. The zero-order valence-corrected chi connectivity index (χ0v) is 16.9. The Morgan fingerprint density at radius 3 is 2.71 bits per heavy atom. The smallest absolute Gasteiger partial charge is 0.178 e. The molecule has 0 amide bonds. The van der Waals surface area contributed by atoms with Gasteiger partial charge in [-0.05, 0) is 37.0 Å². The topological polar surface area (TPSA) is 106 Å². The number of halogens is 1. The molecule has 0 radical (unpaired) electrons. The Balaban J connectivity index is 1.61. The summed E-state index contributed by atoms with van der Waals surface area (Å²) in [6, 6.07) is 8.43. The molecular formula is C20H22ClN3O3S. The van der Waals surface area contributed by atoms with Crippen LogP contribution in [0.5, 0.6) is 0 Å². The van der Waals surface area contributed by atoms with Gasteiger partial charge in [-0.25, -0.2) is 13.4 Å². The van der Waals surface area contributed by atoms with E-state index in [4.69, 9.17) is 17.3 Å². The summed E-state index contributed by atoms with van der Waals surface area (Å²) in [5.74, 6) is 0.115. The predicted octanol–water partition coefficient (Wildman–Crippen LogP) is 2.95. The number of hydrogen-bond acceptors (Lipinski definition) is 6. The third-order valence-corrected chi connectivity index (χ3v) is 7.67. The van der Waals surface area contributed by atoms with E-state index < -0.39 is 15.9 Å². The fraction of sp³-hybridized carbons (Fsp3) is 0.400. The number of benzene rings is 1. The molecule has 148 valence electrons. The second kappa shape index (κ2) is 7.46. The monoisotopic (exact) mass is 419 g/mol. The molecule has 0 spiro atoms. The van der Waals surface area contributed by atoms with Gasteiger partial charge >= 0.3 is 0 Å². The molecule has 3 N–H and O–H groups in total. The summed E-state index contributed by atoms with van der Waals surface area (Å²) in [6.45, 7) is 0.520. The quantitative estimate of drug-likeness (QED) is 0.792. The Labute approximate surface area is 169 Å². The first-order chi connectivity index (χ1) is 13.3. The van der Waals surface area contributed by atoms with E-state index in [9.17, 15) is 13.5 Å². The van der Waals surface area contributed by atoms with Gasteiger partial charge in [-0.15, -0.1) is 0 Å². The van der Waals surface area contributed by atoms with Gasteiger partial charge in [0, 0.05) is 11.1 Å². The minimum atomic E-state index is -3.54. The summed E-state index contributed by atoms with van der Waals surface area (Å²) >= 11 is 6.41. The summed E-state index contributed by atoms with van der Waals surface area (Å²) in [5.41, 5.74) is 8.74. The first-order valence-corrected chi connectivity index (χ1v) is 11.4. The maximum absolute atomic E-state index is 12.8. The van der Waals surface area contributed by atoms with Crippen molar-refractivity contribution >= 4 is 27.3 Å². The van der Waals surface area contributed by atoms with Crippen molar-refractivity contribution in [2.45, 2.75) is 43.2 Å². The van der Waals surface area contributed by atoms with Gasteiger partial charge in [0.15, 0.2) is 9.84 Å². The summed E-state index contributed by atoms with van der Waals surface area (Å²) in [5, 5.41) is 10.4. The average molecular weight is 420 g/mol. The van der Waals surface area contributed by atoms with E-state index >= 15 is 0 Å². The molecule has 1 fully saturated rings. The van der Waals surface area contributed by atoms with E-state index in [1.807, 2.05) is 12.1 Å². The highest BCUT2D eigenvalue weighted by atomic mass is 35.5. The number of fused-ring (bicyclic) bond motifs is 1. The molecular weight excluding hydrogens is 398 g/mol. The number of aliphatic hydroxyl groups excluding tert-OH is 1. The molecule has 8 heteroatoms. The van der Waals surface area contributed by atoms with Crippen LogP contribution in [0.2, 0.25) is 5.02 Å². The largest absolute Gasteiger partial charge is 0.393 e. The van der Waals surface area contributed by atoms with Gasteiger partial charge < -0.3 is 10.8 Å². The number of aliphatic imine (C=N–C) groups is 1. The van der Waals surface area contributed by atoms with Crippen LogP contribution < -0.4 is 5.73 Å². The molecule has 1 aromatic heterocycles. The molecule has 1 aliphatic heterocycles. The second-order valence-electron chi connectivity index (χ2n) is 7.44. The second-order valence-corrected chi connectivity index (χ2v) is 9.88. The zero-order valence-electron chi connectivity index (χ0n) is 15.3. The fourth-order valence-corrected chi connectivity index (χ4v) is 5.95. The highest BCUT2D eigenvalue weighted by Gasteiger charge is 2.29. The van der Waals surface area contributed by atoms with E-state index in [2.05, 4.69) is 9.98 Å². The Morgan fingerprint density at radius 1 is 1.18 bits per heavy atom. The number of sulfone groups is 1. The maximum Gasteiger partial charge on any atom is 0.178 e. The molecule has 28 heavy (non-hydrogen) atoms. The van der Waals surface area contributed by atoms with Gasteiger partial charge in [-0.3, -0.25) is 4.99 Å². The molecule has 4 rings (SSSR count). The molecule has 1 saturated carbocycles. The van der Waals surface area contributed by atoms with Gasteiger partial charge in [-0.1, -0.05) is 36.6 Å². The first kappa shape index (κ1) is 19.4. The lowest BCUT2D eigenvalue weighted by Gasteiger charge is -2.27. The first-order valence-electron chi connectivity index (χ1n) is 9.36. The van der Waals surface area contributed by atoms with Crippen molar-refractivity contribution in [3.05, 3.63) is 46.6 Å². The van der Waals surface area contributed by atoms with Crippen molar-refractivity contribution in [3.8, 4) is 11.3 Å². The average Bonchev–Trinajstić information content (AvgIpc) is 3.04. The molecule has 1 aromatic carbocycles. The summed E-state index contributed by atoms with van der Waals surface area (Å²) in [4.78, 5) is 8.87. The summed E-state index contributed by atoms with van der Waals surface area (Å²) in [6.07, 6.45) is 2.74. The molecule has 2 aliphatic rings. The Morgan fingerprint density at radius 2 is 1.96 bits per heavy atom. The van der Waals surface area contributed by atoms with Gasteiger partial charge in [-0.2, -0.15) is 0 Å². The van der Waals surface area contributed by atoms with Crippen LogP contribution >= 0.6 is 11.6 Å². The molecule has 2 atom stereocenters. The number of amidine groups is 1. The minimum Gasteiger partial charge on any atom is -0.393 e. The van der Waals surface area contributed by atoms with Crippen molar-refractivity contribution in [3.63, 3.8) is 0 Å². The van der Waals surface area contributed by atoms with Crippen LogP contribution in [0, 0.1) is 5.92 Å². The number of hydrogen-bond donors (Lipinski definition) is 2. The van der Waals surface area contributed by atoms with E-state index in [1.54, 1.807) is 12.1 Å². The molecule has 1 aliphatic carbocycles. The maximum atomic E-state index is 12.8. The lowest BCUT2D eigenvalue weighted by molar-refractivity contribution is 0.0807. The third kappa shape index (κ3) is 3.66. The molecule has 2 aromatic rings. The van der Waals surface area contributed by atoms with Crippen LogP contribution in [0.4, 0.5) is 0 Å². The molecule has 6 nitrogen and oxygen atoms in total. The number of nitrogens with zero attached hydrogens (tertiary/aromatic N) is 2. The molecule has 2 unspecified atom stereocenters. The Bertz CT molecular complexity index is 1050. The predicted molar refractivity (Wildman–Crippen MR) is 109 cm³/mol. The van der Waals surface area contributed by atoms with Crippen LogP contribution in [0.3, 0.4) is 0 Å². The third-order valence-electron chi connectivity index (χ3n) is 5.52. The highest BCUT2D eigenvalue weighted by molar-refractivity contribution is 7.91. The van der Waals surface area contributed by atoms with Gasteiger partial charge in [0.05, 0.1) is 34.0 Å². The zero-order chi connectivity index (χ0) is 19.9. The van der Waals surface area contributed by atoms with Crippen molar-refractivity contribution in [1.82, 2.24) is 4.98 Å². The number of rotatable bonds is 4. The van der Waals surface area contributed by atoms with E-state index in [1.165, 1.54) is 6.07 Å². The molecule has 0 bridgehead atoms. The number of nitrogens with two attached hydrogens (primary N) is 1. The van der Waals surface area contributed by atoms with Gasteiger partial charge in [0.1, 0.15) is 11.5 Å². The Kier molecular flexibility index (Phi) is 5.16. The SMILES string of the molecule is NC1=NCc2ccc(-c3ccc(S(=O)(=O)CC4CCCCC4O)cc3Cl)nc21. The minimum absolute atomic E-state index is 0.0616. The van der Waals surface area contributed by atoms with Gasteiger partial charge in [0.2, 0.25) is 0 Å². The van der Waals surface area contributed by atoms with Crippen molar-refractivity contribution in [2.75, 3.05) is 5.75 Å². The van der Waals surface area contributed by atoms with E-state index in [-0.39, 0.29) is 16.6 Å². The summed E-state index contributed by atoms with van der Waals surface area (Å²) < 4.78 is 25.6. The Hall–Kier alpha value is -1.96. The van der Waals surface area contributed by atoms with Crippen LogP contribution in [-0.4, -0.2) is 36.2 Å². The normalized spacial score (nSPS) is 22.0. The number of aliphatic hydroxyl groups is 1. The standard InChI is InChI=1S/C20H22ClN3O3S/c21-16-9-14(28(26,27)11-13-3-1-2-4-18(13)25)6-7-15(16)17-8-5-12-10-23-20(22)19(12)24-17/h5-9,13,18,25H,1-4,10-11H2,(H2,22,23). The van der Waals surface area contributed by atoms with Gasteiger partial charge in [0.25, 0.3) is 0 Å².